The molecule has 1 amide bonds. The molecule has 0 unspecified atom stereocenters. The zero-order valence-electron chi connectivity index (χ0n) is 14.6. The van der Waals surface area contributed by atoms with Crippen LogP contribution in [0.4, 0.5) is 0 Å². The number of amidine groups is 2. The highest BCUT2D eigenvalue weighted by molar-refractivity contribution is 8.17. The first-order valence-corrected chi connectivity index (χ1v) is 9.82. The molecule has 2 aromatic rings. The van der Waals surface area contributed by atoms with E-state index in [4.69, 9.17) is 33.3 Å². The average Bonchev–Trinajstić information content (AvgIpc) is 3.09. The second-order valence-corrected chi connectivity index (χ2v) is 7.60. The first kappa shape index (κ1) is 18.8. The van der Waals surface area contributed by atoms with Gasteiger partial charge < -0.3 is 4.74 Å². The number of methoxy groups -OCH3 is 1. The van der Waals surface area contributed by atoms with Crippen LogP contribution in [-0.4, -0.2) is 28.9 Å². The predicted octanol–water partition coefficient (Wildman–Crippen LogP) is 5.31. The number of hydrogen-bond acceptors (Lipinski definition) is 4. The summed E-state index contributed by atoms with van der Waals surface area (Å²) in [4.78, 5) is 18.3. The molecule has 8 heteroatoms. The quantitative estimate of drug-likeness (QED) is 0.671. The van der Waals surface area contributed by atoms with E-state index in [1.165, 1.54) is 18.9 Å². The number of nitrogens with zero attached hydrogens (tertiary/aromatic N) is 2. The fourth-order valence-electron chi connectivity index (χ4n) is 2.94. The molecular formula is C20H13Cl2N3O2S. The van der Waals surface area contributed by atoms with Gasteiger partial charge in [-0.15, -0.1) is 0 Å². The van der Waals surface area contributed by atoms with Gasteiger partial charge in [0.05, 0.1) is 28.4 Å². The molecule has 5 nitrogen and oxygen atoms in total. The van der Waals surface area contributed by atoms with Crippen LogP contribution >= 0.6 is 35.0 Å². The summed E-state index contributed by atoms with van der Waals surface area (Å²) in [5.74, 6) is -0.0613. The molecule has 0 bridgehead atoms. The van der Waals surface area contributed by atoms with Crippen LogP contribution < -0.4 is 4.74 Å². The van der Waals surface area contributed by atoms with E-state index >= 15 is 0 Å². The van der Waals surface area contributed by atoms with Crippen LogP contribution in [0.5, 0.6) is 5.75 Å². The minimum Gasteiger partial charge on any atom is -0.494 e. The van der Waals surface area contributed by atoms with Gasteiger partial charge in [0.1, 0.15) is 5.84 Å². The van der Waals surface area contributed by atoms with Gasteiger partial charge in [0.15, 0.2) is 10.9 Å². The number of halogens is 2. The number of ether oxygens (including phenoxy) is 1. The molecule has 1 N–H and O–H groups in total. The maximum atomic E-state index is 12.5. The largest absolute Gasteiger partial charge is 0.494 e. The lowest BCUT2D eigenvalue weighted by atomic mass is 10.1. The normalized spacial score (nSPS) is 17.5. The van der Waals surface area contributed by atoms with Crippen LogP contribution in [-0.2, 0) is 4.79 Å². The lowest BCUT2D eigenvalue weighted by Gasteiger charge is -2.27. The fourth-order valence-corrected chi connectivity index (χ4v) is 4.49. The number of carbonyl (C=O) groups excluding carboxylic acids is 1. The van der Waals surface area contributed by atoms with Crippen molar-refractivity contribution in [3.8, 4) is 5.75 Å². The molecule has 140 valence electrons. The first-order chi connectivity index (χ1) is 13.5. The molecule has 0 saturated carbocycles. The summed E-state index contributed by atoms with van der Waals surface area (Å²) in [6.45, 7) is 0. The summed E-state index contributed by atoms with van der Waals surface area (Å²) in [6.07, 6.45) is 1.56. The van der Waals surface area contributed by atoms with Gasteiger partial charge >= 0.3 is 0 Å². The topological polar surface area (TPSA) is 65.8 Å². The molecule has 2 aliphatic heterocycles. The maximum absolute atomic E-state index is 12.5. The van der Waals surface area contributed by atoms with E-state index in [0.29, 0.717) is 26.5 Å². The Labute approximate surface area is 175 Å². The van der Waals surface area contributed by atoms with E-state index in [1.807, 2.05) is 35.7 Å². The molecular weight excluding hydrogens is 417 g/mol. The van der Waals surface area contributed by atoms with Crippen molar-refractivity contribution in [1.82, 2.24) is 4.90 Å². The van der Waals surface area contributed by atoms with Crippen LogP contribution in [0.3, 0.4) is 0 Å². The highest BCUT2D eigenvalue weighted by Gasteiger charge is 2.36. The van der Waals surface area contributed by atoms with Gasteiger partial charge in [0, 0.05) is 5.41 Å². The summed E-state index contributed by atoms with van der Waals surface area (Å²) in [6, 6.07) is 12.9. The van der Waals surface area contributed by atoms with Gasteiger partial charge in [0.2, 0.25) is 0 Å². The second kappa shape index (κ2) is 7.47. The number of thioether (sulfide) groups is 1. The van der Waals surface area contributed by atoms with Crippen molar-refractivity contribution in [2.45, 2.75) is 0 Å². The standard InChI is InChI=1S/C20H13Cl2N3O2S/c1-27-17-14(21)8-11(9-15(17)22)7-13-18(23)25-16(12-5-3-2-4-6-12)10-28-20(25)24-19(13)26/h2-10,23H,1H3/b13-7-,23-18?. The Hall–Kier alpha value is -2.54. The summed E-state index contributed by atoms with van der Waals surface area (Å²) < 4.78 is 5.15. The van der Waals surface area contributed by atoms with Gasteiger partial charge in [-0.05, 0) is 29.3 Å². The van der Waals surface area contributed by atoms with E-state index < -0.39 is 5.91 Å². The number of rotatable bonds is 3. The number of hydrogen-bond donors (Lipinski definition) is 1. The minimum absolute atomic E-state index is 0.0539. The number of carbonyl (C=O) groups is 1. The Kier molecular flexibility index (Phi) is 5.02. The maximum Gasteiger partial charge on any atom is 0.283 e. The SMILES string of the molecule is COc1c(Cl)cc(/C=C2/C(=N)N3C(c4ccccc4)=CSC3=NC2=O)cc1Cl. The summed E-state index contributed by atoms with van der Waals surface area (Å²) in [7, 11) is 1.48. The minimum atomic E-state index is -0.477. The molecule has 0 fully saturated rings. The third kappa shape index (κ3) is 3.24. The molecule has 2 aliphatic rings. The highest BCUT2D eigenvalue weighted by Crippen LogP contribution is 2.38. The van der Waals surface area contributed by atoms with E-state index in [1.54, 1.807) is 23.1 Å². The van der Waals surface area contributed by atoms with Gasteiger partial charge in [-0.2, -0.15) is 4.99 Å². The molecule has 0 atom stereocenters. The van der Waals surface area contributed by atoms with E-state index in [0.717, 1.165) is 11.3 Å². The van der Waals surface area contributed by atoms with Gasteiger partial charge in [-0.3, -0.25) is 15.1 Å². The van der Waals surface area contributed by atoms with E-state index in [-0.39, 0.29) is 11.4 Å². The summed E-state index contributed by atoms with van der Waals surface area (Å²) in [5.41, 5.74) is 2.48. The van der Waals surface area contributed by atoms with Crippen molar-refractivity contribution in [3.05, 3.63) is 74.6 Å². The van der Waals surface area contributed by atoms with Crippen molar-refractivity contribution in [2.24, 2.45) is 4.99 Å². The van der Waals surface area contributed by atoms with Crippen molar-refractivity contribution in [3.63, 3.8) is 0 Å². The lowest BCUT2D eigenvalue weighted by Crippen LogP contribution is -2.38. The number of benzene rings is 2. The van der Waals surface area contributed by atoms with Gasteiger partial charge in [-0.1, -0.05) is 65.3 Å². The Morgan fingerprint density at radius 3 is 2.50 bits per heavy atom. The smallest absolute Gasteiger partial charge is 0.283 e. The molecule has 4 rings (SSSR count). The van der Waals surface area contributed by atoms with E-state index in [2.05, 4.69) is 4.99 Å². The predicted molar refractivity (Wildman–Crippen MR) is 115 cm³/mol. The Morgan fingerprint density at radius 2 is 1.86 bits per heavy atom. The summed E-state index contributed by atoms with van der Waals surface area (Å²) >= 11 is 13.7. The van der Waals surface area contributed by atoms with Crippen LogP contribution in [0.15, 0.2) is 58.4 Å². The first-order valence-electron chi connectivity index (χ1n) is 8.18. The van der Waals surface area contributed by atoms with Crippen LogP contribution in [0.25, 0.3) is 11.8 Å². The molecule has 2 heterocycles. The third-order valence-corrected chi connectivity index (χ3v) is 5.61. The molecule has 0 aromatic heterocycles. The lowest BCUT2D eigenvalue weighted by molar-refractivity contribution is -0.114. The molecule has 0 aliphatic carbocycles. The molecule has 2 aromatic carbocycles. The van der Waals surface area contributed by atoms with Crippen molar-refractivity contribution < 1.29 is 9.53 Å². The zero-order chi connectivity index (χ0) is 19.8. The average molecular weight is 430 g/mol. The zero-order valence-corrected chi connectivity index (χ0v) is 16.9. The van der Waals surface area contributed by atoms with Gasteiger partial charge in [-0.25, -0.2) is 0 Å². The monoisotopic (exact) mass is 429 g/mol. The van der Waals surface area contributed by atoms with Crippen molar-refractivity contribution >= 4 is 63.6 Å². The van der Waals surface area contributed by atoms with Crippen molar-refractivity contribution in [2.75, 3.05) is 7.11 Å². The number of amides is 1. The number of aliphatic imine (C=N–C) groups is 1. The van der Waals surface area contributed by atoms with E-state index in [9.17, 15) is 4.79 Å². The number of fused-ring (bicyclic) bond motifs is 1. The Bertz CT molecular complexity index is 1070. The molecule has 28 heavy (non-hydrogen) atoms. The highest BCUT2D eigenvalue weighted by atomic mass is 35.5. The van der Waals surface area contributed by atoms with Gasteiger partial charge in [0.25, 0.3) is 5.91 Å². The van der Waals surface area contributed by atoms with Crippen LogP contribution in [0.1, 0.15) is 11.1 Å². The van der Waals surface area contributed by atoms with Crippen LogP contribution in [0.2, 0.25) is 10.0 Å². The number of nitrogens with one attached hydrogen (secondary N) is 1. The fraction of sp³-hybridized carbons (Fsp3) is 0.0500. The van der Waals surface area contributed by atoms with Crippen molar-refractivity contribution in [1.29, 1.82) is 5.41 Å². The Morgan fingerprint density at radius 1 is 1.18 bits per heavy atom. The summed E-state index contributed by atoms with van der Waals surface area (Å²) in [5, 5.41) is 11.6. The molecule has 0 radical (unpaired) electrons. The Balaban J connectivity index is 1.75. The second-order valence-electron chi connectivity index (χ2n) is 5.95. The van der Waals surface area contributed by atoms with Crippen LogP contribution in [0, 0.1) is 5.41 Å². The third-order valence-electron chi connectivity index (χ3n) is 4.22. The molecule has 0 spiro atoms. The molecule has 0 saturated heterocycles.